The quantitative estimate of drug-likeness (QED) is 0.877. The molecule has 2 rings (SSSR count). The van der Waals surface area contributed by atoms with E-state index in [2.05, 4.69) is 0 Å². The first kappa shape index (κ1) is 12.9. The summed E-state index contributed by atoms with van der Waals surface area (Å²) in [5.41, 5.74) is 6.69. The smallest absolute Gasteiger partial charge is 0.256 e. The molecule has 3 nitrogen and oxygen atoms in total. The first-order valence-electron chi connectivity index (χ1n) is 5.41. The van der Waals surface area contributed by atoms with Gasteiger partial charge in [-0.15, -0.1) is 11.3 Å². The van der Waals surface area contributed by atoms with E-state index >= 15 is 0 Å². The molecule has 18 heavy (non-hydrogen) atoms. The van der Waals surface area contributed by atoms with E-state index in [4.69, 9.17) is 17.3 Å². The van der Waals surface area contributed by atoms with Gasteiger partial charge >= 0.3 is 0 Å². The van der Waals surface area contributed by atoms with Gasteiger partial charge in [-0.25, -0.2) is 0 Å². The number of anilines is 1. The van der Waals surface area contributed by atoms with Crippen LogP contribution in [0.3, 0.4) is 0 Å². The second-order valence-corrected chi connectivity index (χ2v) is 5.44. The monoisotopic (exact) mass is 280 g/mol. The van der Waals surface area contributed by atoms with Crippen LogP contribution in [-0.4, -0.2) is 17.9 Å². The highest BCUT2D eigenvalue weighted by Gasteiger charge is 2.15. The minimum atomic E-state index is -0.122. The van der Waals surface area contributed by atoms with Crippen LogP contribution in [0.15, 0.2) is 35.7 Å². The van der Waals surface area contributed by atoms with Crippen molar-refractivity contribution in [1.29, 1.82) is 0 Å². The minimum Gasteiger partial charge on any atom is -0.398 e. The molecular weight excluding hydrogens is 268 g/mol. The van der Waals surface area contributed by atoms with Crippen LogP contribution in [0.2, 0.25) is 5.02 Å². The van der Waals surface area contributed by atoms with Crippen molar-refractivity contribution >= 4 is 34.5 Å². The number of thiophene rings is 1. The summed E-state index contributed by atoms with van der Waals surface area (Å²) in [6.07, 6.45) is 0. The first-order chi connectivity index (χ1) is 8.58. The van der Waals surface area contributed by atoms with Gasteiger partial charge in [-0.3, -0.25) is 4.79 Å². The molecule has 0 fully saturated rings. The van der Waals surface area contributed by atoms with Crippen molar-refractivity contribution in [1.82, 2.24) is 4.90 Å². The van der Waals surface area contributed by atoms with Gasteiger partial charge in [0.15, 0.2) is 0 Å². The fraction of sp³-hybridized carbons (Fsp3) is 0.154. The average molecular weight is 281 g/mol. The number of hydrogen-bond acceptors (Lipinski definition) is 3. The van der Waals surface area contributed by atoms with Crippen molar-refractivity contribution in [2.45, 2.75) is 6.54 Å². The molecule has 0 aliphatic carbocycles. The number of nitrogen functional groups attached to an aromatic ring is 1. The number of nitrogens with two attached hydrogens (primary N) is 1. The van der Waals surface area contributed by atoms with E-state index in [9.17, 15) is 4.79 Å². The number of carbonyl (C=O) groups is 1. The van der Waals surface area contributed by atoms with Crippen molar-refractivity contribution < 1.29 is 4.79 Å². The Kier molecular flexibility index (Phi) is 3.89. The largest absolute Gasteiger partial charge is 0.398 e. The van der Waals surface area contributed by atoms with E-state index < -0.39 is 0 Å². The summed E-state index contributed by atoms with van der Waals surface area (Å²) < 4.78 is 0. The fourth-order valence-electron chi connectivity index (χ4n) is 1.63. The lowest BCUT2D eigenvalue weighted by Crippen LogP contribution is -2.26. The van der Waals surface area contributed by atoms with E-state index in [1.807, 2.05) is 17.5 Å². The molecule has 1 aromatic heterocycles. The Labute approximate surface area is 115 Å². The number of rotatable bonds is 3. The van der Waals surface area contributed by atoms with E-state index in [-0.39, 0.29) is 5.91 Å². The molecule has 0 radical (unpaired) electrons. The Bertz CT molecular complexity index is 554. The summed E-state index contributed by atoms with van der Waals surface area (Å²) in [5, 5.41) is 2.50. The summed E-state index contributed by atoms with van der Waals surface area (Å²) in [4.78, 5) is 15.0. The number of hydrogen-bond donors (Lipinski definition) is 1. The van der Waals surface area contributed by atoms with Crippen LogP contribution in [0.1, 0.15) is 15.2 Å². The Morgan fingerprint density at radius 2 is 2.22 bits per heavy atom. The zero-order valence-electron chi connectivity index (χ0n) is 9.89. The SMILES string of the molecule is CN(Cc1cccs1)C(=O)c1cc(Cl)ccc1N. The Morgan fingerprint density at radius 3 is 2.89 bits per heavy atom. The molecule has 1 aromatic carbocycles. The maximum atomic E-state index is 12.2. The van der Waals surface area contributed by atoms with Gasteiger partial charge in [-0.1, -0.05) is 17.7 Å². The summed E-state index contributed by atoms with van der Waals surface area (Å²) in [6.45, 7) is 0.572. The van der Waals surface area contributed by atoms with Crippen LogP contribution in [-0.2, 0) is 6.54 Å². The van der Waals surface area contributed by atoms with Crippen LogP contribution >= 0.6 is 22.9 Å². The summed E-state index contributed by atoms with van der Waals surface area (Å²) >= 11 is 7.50. The Hall–Kier alpha value is -1.52. The van der Waals surface area contributed by atoms with Crippen molar-refractivity contribution in [2.75, 3.05) is 12.8 Å². The molecule has 2 N–H and O–H groups in total. The summed E-state index contributed by atoms with van der Waals surface area (Å²) in [6, 6.07) is 8.88. The normalized spacial score (nSPS) is 10.3. The number of halogens is 1. The van der Waals surface area contributed by atoms with Gasteiger partial charge in [0.1, 0.15) is 0 Å². The average Bonchev–Trinajstić information content (AvgIpc) is 2.84. The van der Waals surface area contributed by atoms with Gasteiger partial charge in [0.2, 0.25) is 0 Å². The summed E-state index contributed by atoms with van der Waals surface area (Å²) in [7, 11) is 1.75. The molecule has 1 amide bonds. The third-order valence-electron chi connectivity index (χ3n) is 2.57. The molecule has 0 aliphatic rings. The maximum Gasteiger partial charge on any atom is 0.256 e. The van der Waals surface area contributed by atoms with Gasteiger partial charge in [0, 0.05) is 22.6 Å². The second kappa shape index (κ2) is 5.42. The molecule has 0 aliphatic heterocycles. The Morgan fingerprint density at radius 1 is 1.44 bits per heavy atom. The van der Waals surface area contributed by atoms with Crippen molar-refractivity contribution in [3.63, 3.8) is 0 Å². The van der Waals surface area contributed by atoms with Gasteiger partial charge in [0.05, 0.1) is 12.1 Å². The standard InChI is InChI=1S/C13H13ClN2OS/c1-16(8-10-3-2-6-18-10)13(17)11-7-9(14)4-5-12(11)15/h2-7H,8,15H2,1H3. The minimum absolute atomic E-state index is 0.122. The van der Waals surface area contributed by atoms with Gasteiger partial charge < -0.3 is 10.6 Å². The predicted molar refractivity (Wildman–Crippen MR) is 76.0 cm³/mol. The molecular formula is C13H13ClN2OS. The van der Waals surface area contributed by atoms with Crippen LogP contribution in [0.5, 0.6) is 0 Å². The van der Waals surface area contributed by atoms with Crippen molar-refractivity contribution in [3.05, 3.63) is 51.2 Å². The summed E-state index contributed by atoms with van der Waals surface area (Å²) in [5.74, 6) is -0.122. The Balaban J connectivity index is 2.17. The van der Waals surface area contributed by atoms with Crippen LogP contribution < -0.4 is 5.73 Å². The number of carbonyl (C=O) groups excluding carboxylic acids is 1. The van der Waals surface area contributed by atoms with Gasteiger partial charge in [-0.2, -0.15) is 0 Å². The fourth-order valence-corrected chi connectivity index (χ4v) is 2.56. The number of amides is 1. The molecule has 0 saturated carbocycles. The molecule has 0 saturated heterocycles. The van der Waals surface area contributed by atoms with Crippen LogP contribution in [0.25, 0.3) is 0 Å². The third kappa shape index (κ3) is 2.83. The van der Waals surface area contributed by atoms with E-state index in [0.29, 0.717) is 22.8 Å². The molecule has 5 heteroatoms. The highest BCUT2D eigenvalue weighted by atomic mass is 35.5. The number of benzene rings is 1. The first-order valence-corrected chi connectivity index (χ1v) is 6.66. The molecule has 94 valence electrons. The van der Waals surface area contributed by atoms with Crippen LogP contribution in [0, 0.1) is 0 Å². The highest BCUT2D eigenvalue weighted by molar-refractivity contribution is 7.09. The lowest BCUT2D eigenvalue weighted by Gasteiger charge is -2.17. The molecule has 1 heterocycles. The topological polar surface area (TPSA) is 46.3 Å². The third-order valence-corrected chi connectivity index (χ3v) is 3.66. The number of nitrogens with zero attached hydrogens (tertiary/aromatic N) is 1. The highest BCUT2D eigenvalue weighted by Crippen LogP contribution is 2.20. The zero-order valence-corrected chi connectivity index (χ0v) is 11.5. The molecule has 0 bridgehead atoms. The van der Waals surface area contributed by atoms with Crippen LogP contribution in [0.4, 0.5) is 5.69 Å². The van der Waals surface area contributed by atoms with Crippen molar-refractivity contribution in [2.24, 2.45) is 0 Å². The predicted octanol–water partition coefficient (Wildman–Crippen LogP) is 3.26. The van der Waals surface area contributed by atoms with E-state index in [1.165, 1.54) is 0 Å². The zero-order chi connectivity index (χ0) is 13.1. The maximum absolute atomic E-state index is 12.2. The molecule has 0 spiro atoms. The van der Waals surface area contributed by atoms with Crippen molar-refractivity contribution in [3.8, 4) is 0 Å². The second-order valence-electron chi connectivity index (χ2n) is 3.97. The van der Waals surface area contributed by atoms with E-state index in [0.717, 1.165) is 4.88 Å². The lowest BCUT2D eigenvalue weighted by atomic mass is 10.1. The molecule has 0 atom stereocenters. The van der Waals surface area contributed by atoms with Gasteiger partial charge in [-0.05, 0) is 29.6 Å². The van der Waals surface area contributed by atoms with E-state index in [1.54, 1.807) is 41.5 Å². The van der Waals surface area contributed by atoms with Gasteiger partial charge in [0.25, 0.3) is 5.91 Å². The molecule has 0 unspecified atom stereocenters. The lowest BCUT2D eigenvalue weighted by molar-refractivity contribution is 0.0787. The molecule has 2 aromatic rings.